The van der Waals surface area contributed by atoms with E-state index in [0.29, 0.717) is 22.3 Å². The minimum absolute atomic E-state index is 0.0921. The first-order valence-electron chi connectivity index (χ1n) is 28.2. The van der Waals surface area contributed by atoms with E-state index in [1.54, 1.807) is 12.1 Å². The van der Waals surface area contributed by atoms with Crippen LogP contribution < -0.4 is 9.80 Å². The summed E-state index contributed by atoms with van der Waals surface area (Å²) in [5.41, 5.74) is 16.9. The Labute approximate surface area is 477 Å². The smallest absolute Gasteiger partial charge is 0.145 e. The number of para-hydroxylation sites is 1. The van der Waals surface area contributed by atoms with Crippen LogP contribution >= 0.6 is 0 Å². The van der Waals surface area contributed by atoms with Crippen molar-refractivity contribution in [3.63, 3.8) is 0 Å². The zero-order valence-corrected chi connectivity index (χ0v) is 47.2. The van der Waals surface area contributed by atoms with E-state index < -0.39 is 17.0 Å². The largest absolute Gasteiger partial charge is 0.455 e. The highest BCUT2D eigenvalue weighted by atomic mass is 19.1. The molecule has 2 aliphatic rings. The van der Waals surface area contributed by atoms with E-state index in [-0.39, 0.29) is 22.0 Å². The zero-order chi connectivity index (χ0) is 56.4. The van der Waals surface area contributed by atoms with Crippen LogP contribution in [-0.4, -0.2) is 9.97 Å². The molecule has 0 aliphatic heterocycles. The molecule has 14 rings (SSSR count). The fourth-order valence-corrected chi connectivity index (χ4v) is 13.0. The maximum absolute atomic E-state index is 17.3. The fraction of sp³-hybridized carbons (Fsp3) is 0.147. The average Bonchev–Trinajstić information content (AvgIpc) is 2.09. The molecule has 3 aromatic heterocycles. The van der Waals surface area contributed by atoms with E-state index in [0.717, 1.165) is 101 Å². The van der Waals surface area contributed by atoms with Crippen LogP contribution in [0.2, 0.25) is 0 Å². The van der Waals surface area contributed by atoms with Crippen molar-refractivity contribution in [2.75, 3.05) is 9.80 Å². The van der Waals surface area contributed by atoms with Crippen LogP contribution in [0.1, 0.15) is 86.1 Å². The van der Waals surface area contributed by atoms with Crippen molar-refractivity contribution in [2.45, 2.75) is 71.6 Å². The monoisotopic (exact) mass is 1070 g/mol. The van der Waals surface area contributed by atoms with Crippen molar-refractivity contribution in [1.82, 2.24) is 9.97 Å². The predicted molar refractivity (Wildman–Crippen MR) is 333 cm³/mol. The minimum atomic E-state index is -1.28. The first-order valence-corrected chi connectivity index (χ1v) is 28.2. The van der Waals surface area contributed by atoms with Gasteiger partial charge in [0.2, 0.25) is 0 Å². The van der Waals surface area contributed by atoms with Crippen LogP contribution in [0.15, 0.2) is 223 Å². The van der Waals surface area contributed by atoms with Crippen LogP contribution in [0.5, 0.6) is 0 Å². The van der Waals surface area contributed by atoms with Gasteiger partial charge in [0.05, 0.1) is 16.5 Å². The van der Waals surface area contributed by atoms with Crippen molar-refractivity contribution in [2.24, 2.45) is 0 Å². The average molecular weight is 1070 g/mol. The number of furan rings is 1. The van der Waals surface area contributed by atoms with Gasteiger partial charge in [0, 0.05) is 62.7 Å². The first-order chi connectivity index (χ1) is 39.6. The maximum Gasteiger partial charge on any atom is 0.145 e. The molecular formula is C75H60F2N4O. The van der Waals surface area contributed by atoms with E-state index in [2.05, 4.69) is 211 Å². The van der Waals surface area contributed by atoms with Gasteiger partial charge in [-0.2, -0.15) is 0 Å². The molecule has 5 nitrogen and oxygen atoms in total. The van der Waals surface area contributed by atoms with Crippen molar-refractivity contribution in [1.29, 1.82) is 0 Å². The van der Waals surface area contributed by atoms with Crippen molar-refractivity contribution in [3.05, 3.63) is 275 Å². The molecule has 0 saturated carbocycles. The lowest BCUT2D eigenvalue weighted by Gasteiger charge is -2.34. The molecule has 0 unspecified atom stereocenters. The molecule has 3 heterocycles. The number of hydrogen-bond donors (Lipinski definition) is 0. The second-order valence-corrected chi connectivity index (χ2v) is 24.2. The molecule has 0 fully saturated rings. The number of halogens is 2. The van der Waals surface area contributed by atoms with E-state index in [1.165, 1.54) is 23.3 Å². The molecule has 400 valence electrons. The molecule has 1 spiro atoms. The van der Waals surface area contributed by atoms with Crippen molar-refractivity contribution in [3.8, 4) is 44.5 Å². The summed E-state index contributed by atoms with van der Waals surface area (Å²) in [7, 11) is 0. The van der Waals surface area contributed by atoms with Crippen LogP contribution in [0.4, 0.5) is 43.2 Å². The third kappa shape index (κ3) is 7.84. The standard InChI is InChI=1S/C75H60F2N4O/c1-45-39-56(47-19-11-9-12-20-47)71(78-43-45)80(51-33-29-49(30-34-51)73(3,4)5)53-37-38-54-60(41-53)75(58-24-17-26-62(76)68(58)69-59(75)25-18-27-63(69)77)61-42-64(67-55-23-15-16-28-65(55)82-70(67)66(54)61)81(52-35-31-50(32-36-52)74(6,7)8)72-57(40-46(2)44-79-72)48-21-13-10-14-22-48/h9-44H,1-8H3. The van der Waals surface area contributed by atoms with Crippen LogP contribution in [0, 0.1) is 25.5 Å². The Kier molecular flexibility index (Phi) is 11.6. The van der Waals surface area contributed by atoms with E-state index in [9.17, 15) is 0 Å². The molecular weight excluding hydrogens is 1010 g/mol. The number of nitrogens with zero attached hydrogens (tertiary/aromatic N) is 4. The third-order valence-corrected chi connectivity index (χ3v) is 16.9. The summed E-state index contributed by atoms with van der Waals surface area (Å²) in [5, 5.41) is 1.81. The highest BCUT2D eigenvalue weighted by Crippen LogP contribution is 2.67. The third-order valence-electron chi connectivity index (χ3n) is 16.9. The molecule has 0 radical (unpaired) electrons. The number of anilines is 6. The number of fused-ring (bicyclic) bond motifs is 14. The number of aryl methyl sites for hydroxylation is 2. The summed E-state index contributed by atoms with van der Waals surface area (Å²) in [5.74, 6) is 0.469. The highest BCUT2D eigenvalue weighted by Gasteiger charge is 2.55. The fourth-order valence-electron chi connectivity index (χ4n) is 13.0. The van der Waals surface area contributed by atoms with Gasteiger partial charge in [-0.1, -0.05) is 175 Å². The predicted octanol–water partition coefficient (Wildman–Crippen LogP) is 20.5. The molecule has 9 aromatic carbocycles. The summed E-state index contributed by atoms with van der Waals surface area (Å²) in [6.45, 7) is 17.5. The van der Waals surface area contributed by atoms with Crippen molar-refractivity contribution >= 4 is 56.3 Å². The van der Waals surface area contributed by atoms with Gasteiger partial charge in [0.25, 0.3) is 0 Å². The number of aromatic nitrogens is 2. The number of hydrogen-bond acceptors (Lipinski definition) is 5. The quantitative estimate of drug-likeness (QED) is 0.152. The van der Waals surface area contributed by atoms with Gasteiger partial charge in [0.1, 0.15) is 34.4 Å². The number of rotatable bonds is 8. The van der Waals surface area contributed by atoms with Crippen LogP contribution in [-0.2, 0) is 16.2 Å². The Morgan fingerprint density at radius 2 is 0.915 bits per heavy atom. The Hall–Kier alpha value is -9.46. The van der Waals surface area contributed by atoms with E-state index in [4.69, 9.17) is 14.4 Å². The highest BCUT2D eigenvalue weighted by molar-refractivity contribution is 6.20. The Bertz CT molecular complexity index is 4460. The molecule has 0 saturated heterocycles. The lowest BCUT2D eigenvalue weighted by Crippen LogP contribution is -2.27. The summed E-state index contributed by atoms with van der Waals surface area (Å²) in [6.07, 6.45) is 3.85. The molecule has 0 amide bonds. The Morgan fingerprint density at radius 1 is 0.427 bits per heavy atom. The lowest BCUT2D eigenvalue weighted by molar-refractivity contribution is 0.590. The topological polar surface area (TPSA) is 45.4 Å². The molecule has 12 aromatic rings. The van der Waals surface area contributed by atoms with Gasteiger partial charge < -0.3 is 4.42 Å². The second-order valence-electron chi connectivity index (χ2n) is 24.2. The van der Waals surface area contributed by atoms with E-state index in [1.807, 2.05) is 48.8 Å². The lowest BCUT2D eigenvalue weighted by atomic mass is 9.70. The number of pyridine rings is 2. The van der Waals surface area contributed by atoms with Gasteiger partial charge >= 0.3 is 0 Å². The summed E-state index contributed by atoms with van der Waals surface area (Å²) >= 11 is 0. The van der Waals surface area contributed by atoms with Gasteiger partial charge in [-0.15, -0.1) is 0 Å². The normalized spacial score (nSPS) is 13.1. The summed E-state index contributed by atoms with van der Waals surface area (Å²) < 4.78 is 42.0. The van der Waals surface area contributed by atoms with E-state index >= 15 is 8.78 Å². The zero-order valence-electron chi connectivity index (χ0n) is 47.2. The second kappa shape index (κ2) is 18.8. The SMILES string of the molecule is Cc1cnc(N(c2ccc(C(C)(C)C)cc2)c2ccc3c(c2)C2(c4cccc(F)c4-c4c(F)cccc42)c2cc(N(c4ccc(C(C)(C)C)cc4)c4ncc(C)cc4-c4ccccc4)c4c(oc5ccccc54)c2-3)c(-c2ccccc2)c1. The number of benzene rings is 9. The summed E-state index contributed by atoms with van der Waals surface area (Å²) in [4.78, 5) is 15.2. The maximum atomic E-state index is 17.3. The molecule has 82 heavy (non-hydrogen) atoms. The molecule has 0 N–H and O–H groups in total. The van der Waals surface area contributed by atoms with Crippen molar-refractivity contribution < 1.29 is 13.2 Å². The van der Waals surface area contributed by atoms with Gasteiger partial charge in [-0.3, -0.25) is 9.80 Å². The van der Waals surface area contributed by atoms with Gasteiger partial charge in [-0.05, 0) is 159 Å². The Morgan fingerprint density at radius 3 is 1.45 bits per heavy atom. The first kappa shape index (κ1) is 50.7. The van der Waals surface area contributed by atoms with Gasteiger partial charge in [-0.25, -0.2) is 18.7 Å². The molecule has 0 atom stereocenters. The summed E-state index contributed by atoms with van der Waals surface area (Å²) in [6, 6.07) is 70.2. The van der Waals surface area contributed by atoms with Gasteiger partial charge in [0.15, 0.2) is 0 Å². The molecule has 2 aliphatic carbocycles. The molecule has 0 bridgehead atoms. The Balaban J connectivity index is 1.13. The van der Waals surface area contributed by atoms with Crippen LogP contribution in [0.3, 0.4) is 0 Å². The van der Waals surface area contributed by atoms with Crippen LogP contribution in [0.25, 0.3) is 66.4 Å². The minimum Gasteiger partial charge on any atom is -0.455 e. The molecule has 7 heteroatoms.